The van der Waals surface area contributed by atoms with Gasteiger partial charge in [0.2, 0.25) is 5.75 Å². The van der Waals surface area contributed by atoms with Crippen LogP contribution in [0.5, 0.6) is 11.5 Å². The highest BCUT2D eigenvalue weighted by Gasteiger charge is 2.37. The zero-order chi connectivity index (χ0) is 25.5. The zero-order valence-electron chi connectivity index (χ0n) is 17.9. The van der Waals surface area contributed by atoms with Crippen LogP contribution in [0, 0.1) is 10.1 Å². The number of carbonyl (C=O) groups excluding carboxylic acids is 2. The first-order valence-electron chi connectivity index (χ1n) is 9.95. The van der Waals surface area contributed by atoms with Crippen LogP contribution in [0.1, 0.15) is 27.0 Å². The summed E-state index contributed by atoms with van der Waals surface area (Å²) >= 11 is 0. The van der Waals surface area contributed by atoms with E-state index in [1.807, 2.05) is 0 Å². The maximum Gasteiger partial charge on any atom is 0.416 e. The van der Waals surface area contributed by atoms with Crippen molar-refractivity contribution in [3.63, 3.8) is 0 Å². The maximum atomic E-state index is 13.4. The number of phenolic OH excluding ortho intramolecular Hbond substituents is 1. The molecule has 2 amide bonds. The molecule has 3 aromatic carbocycles. The van der Waals surface area contributed by atoms with Crippen molar-refractivity contribution in [2.45, 2.75) is 6.18 Å². The Labute approximate surface area is 195 Å². The van der Waals surface area contributed by atoms with Gasteiger partial charge in [0.05, 0.1) is 23.3 Å². The average Bonchev–Trinajstić information content (AvgIpc) is 2.82. The maximum absolute atomic E-state index is 13.4. The molecular weight excluding hydrogens is 469 g/mol. The number of halogens is 3. The lowest BCUT2D eigenvalue weighted by molar-refractivity contribution is -0.386. The summed E-state index contributed by atoms with van der Waals surface area (Å²) in [6, 6.07) is 12.0. The molecule has 0 saturated heterocycles. The summed E-state index contributed by atoms with van der Waals surface area (Å²) in [4.78, 5) is 37.7. The van der Waals surface area contributed by atoms with Crippen molar-refractivity contribution in [2.75, 3.05) is 12.0 Å². The molecule has 0 unspecified atom stereocenters. The number of hydrogen-bond acceptors (Lipinski definition) is 6. The van der Waals surface area contributed by atoms with Crippen molar-refractivity contribution in [3.8, 4) is 11.5 Å². The van der Waals surface area contributed by atoms with E-state index in [9.17, 15) is 38.0 Å². The summed E-state index contributed by atoms with van der Waals surface area (Å²) in [5.41, 5.74) is -1.78. The minimum atomic E-state index is -4.70. The normalized spacial score (nSPS) is 14.7. The Kier molecular flexibility index (Phi) is 5.77. The van der Waals surface area contributed by atoms with Gasteiger partial charge in [-0.25, -0.2) is 4.90 Å². The third-order valence-electron chi connectivity index (χ3n) is 5.32. The monoisotopic (exact) mass is 484 g/mol. The number of methoxy groups -OCH3 is 1. The van der Waals surface area contributed by atoms with Crippen LogP contribution in [0.15, 0.2) is 60.7 Å². The molecule has 1 aliphatic heterocycles. The van der Waals surface area contributed by atoms with E-state index in [0.29, 0.717) is 11.0 Å². The molecule has 0 saturated carbocycles. The van der Waals surface area contributed by atoms with E-state index in [1.165, 1.54) is 43.5 Å². The van der Waals surface area contributed by atoms with Gasteiger partial charge in [-0.1, -0.05) is 24.3 Å². The Bertz CT molecular complexity index is 1410. The summed E-state index contributed by atoms with van der Waals surface area (Å²) in [6.07, 6.45) is -3.46. The summed E-state index contributed by atoms with van der Waals surface area (Å²) in [5, 5.41) is 21.4. The number of aromatic hydroxyl groups is 1. The topological polar surface area (TPSA) is 110 Å². The first-order chi connectivity index (χ1) is 16.5. The van der Waals surface area contributed by atoms with Crippen LogP contribution >= 0.6 is 0 Å². The smallest absolute Gasteiger partial charge is 0.416 e. The number of nitro benzene ring substituents is 1. The molecule has 0 radical (unpaired) electrons. The molecule has 178 valence electrons. The lowest BCUT2D eigenvalue weighted by Gasteiger charge is -2.29. The van der Waals surface area contributed by atoms with Crippen LogP contribution in [0.4, 0.5) is 24.5 Å². The van der Waals surface area contributed by atoms with Gasteiger partial charge < -0.3 is 9.84 Å². The van der Waals surface area contributed by atoms with E-state index >= 15 is 0 Å². The molecule has 35 heavy (non-hydrogen) atoms. The number of nitro groups is 1. The van der Waals surface area contributed by atoms with Crippen LogP contribution in [0.2, 0.25) is 0 Å². The van der Waals surface area contributed by atoms with Gasteiger partial charge in [0.25, 0.3) is 11.8 Å². The van der Waals surface area contributed by atoms with Crippen molar-refractivity contribution < 1.29 is 37.5 Å². The largest absolute Gasteiger partial charge is 0.500 e. The van der Waals surface area contributed by atoms with Gasteiger partial charge in [-0.2, -0.15) is 13.2 Å². The number of hydrogen-bond donors (Lipinski definition) is 1. The molecule has 0 bridgehead atoms. The van der Waals surface area contributed by atoms with E-state index in [2.05, 4.69) is 0 Å². The summed E-state index contributed by atoms with van der Waals surface area (Å²) < 4.78 is 44.7. The highest BCUT2D eigenvalue weighted by atomic mass is 19.4. The number of ether oxygens (including phenoxy) is 1. The number of carbonyl (C=O) groups is 2. The number of phenols is 1. The molecule has 1 N–H and O–H groups in total. The molecule has 3 aromatic rings. The van der Waals surface area contributed by atoms with Crippen molar-refractivity contribution in [2.24, 2.45) is 0 Å². The Morgan fingerprint density at radius 1 is 1.00 bits per heavy atom. The highest BCUT2D eigenvalue weighted by Crippen LogP contribution is 2.40. The Hall–Kier alpha value is -4.67. The standard InChI is InChI=1S/C24H15F3N2O6/c1-35-20-11-13(10-19(21(20)30)29(33)34)9-18-16-7-2-3-8-17(16)22(31)28(23(18)32)15-6-4-5-14(12-15)24(25,26)27/h2-12,30H,1H3/b18-9-. The zero-order valence-corrected chi connectivity index (χ0v) is 17.9. The molecule has 0 spiro atoms. The minimum Gasteiger partial charge on any atom is -0.500 e. The second-order valence-electron chi connectivity index (χ2n) is 7.45. The third kappa shape index (κ3) is 4.19. The van der Waals surface area contributed by atoms with Gasteiger partial charge in [-0.05, 0) is 47.5 Å². The fraction of sp³-hybridized carbons (Fsp3) is 0.0833. The average molecular weight is 484 g/mol. The summed E-state index contributed by atoms with van der Waals surface area (Å²) in [6.45, 7) is 0. The summed E-state index contributed by atoms with van der Waals surface area (Å²) in [7, 11) is 1.19. The number of benzene rings is 3. The quantitative estimate of drug-likeness (QED) is 0.240. The second-order valence-corrected chi connectivity index (χ2v) is 7.45. The van der Waals surface area contributed by atoms with Gasteiger partial charge >= 0.3 is 11.9 Å². The lowest BCUT2D eigenvalue weighted by Crippen LogP contribution is -2.41. The molecule has 0 aromatic heterocycles. The first kappa shape index (κ1) is 23.5. The van der Waals surface area contributed by atoms with Gasteiger partial charge in [-0.3, -0.25) is 19.7 Å². The lowest BCUT2D eigenvalue weighted by atomic mass is 9.91. The molecule has 0 aliphatic carbocycles. The number of imide groups is 1. The predicted molar refractivity (Wildman–Crippen MR) is 119 cm³/mol. The SMILES string of the molecule is COc1cc(/C=C2\C(=O)N(c3cccc(C(F)(F)F)c3)C(=O)c3ccccc32)cc([N+](=O)[O-])c1O. The number of nitrogens with zero attached hydrogens (tertiary/aromatic N) is 2. The van der Waals surface area contributed by atoms with E-state index < -0.39 is 39.9 Å². The van der Waals surface area contributed by atoms with Crippen molar-refractivity contribution in [1.82, 2.24) is 0 Å². The van der Waals surface area contributed by atoms with Crippen LogP contribution in [0.25, 0.3) is 11.6 Å². The fourth-order valence-corrected chi connectivity index (χ4v) is 3.71. The summed E-state index contributed by atoms with van der Waals surface area (Å²) in [5.74, 6) is -2.69. The van der Waals surface area contributed by atoms with Gasteiger partial charge in [0.15, 0.2) is 5.75 Å². The molecule has 1 heterocycles. The van der Waals surface area contributed by atoms with Crippen LogP contribution in [-0.2, 0) is 11.0 Å². The van der Waals surface area contributed by atoms with Crippen LogP contribution in [0.3, 0.4) is 0 Å². The number of anilines is 1. The molecule has 0 atom stereocenters. The number of fused-ring (bicyclic) bond motifs is 1. The van der Waals surface area contributed by atoms with Gasteiger partial charge in [0, 0.05) is 17.2 Å². The third-order valence-corrected chi connectivity index (χ3v) is 5.32. The predicted octanol–water partition coefficient (Wildman–Crippen LogP) is 5.06. The Morgan fingerprint density at radius 2 is 1.69 bits per heavy atom. The van der Waals surface area contributed by atoms with Gasteiger partial charge in [0.1, 0.15) is 0 Å². The first-order valence-corrected chi connectivity index (χ1v) is 9.95. The Morgan fingerprint density at radius 3 is 2.31 bits per heavy atom. The molecule has 0 fully saturated rings. The molecule has 8 nitrogen and oxygen atoms in total. The molecule has 4 rings (SSSR count). The van der Waals surface area contributed by atoms with E-state index in [0.717, 1.165) is 18.2 Å². The van der Waals surface area contributed by atoms with Crippen molar-refractivity contribution in [1.29, 1.82) is 0 Å². The molecule has 11 heteroatoms. The van der Waals surface area contributed by atoms with E-state index in [1.54, 1.807) is 6.07 Å². The highest BCUT2D eigenvalue weighted by molar-refractivity contribution is 6.43. The molecule has 1 aliphatic rings. The van der Waals surface area contributed by atoms with Crippen LogP contribution in [-0.4, -0.2) is 29.0 Å². The van der Waals surface area contributed by atoms with Crippen molar-refractivity contribution >= 4 is 34.8 Å². The van der Waals surface area contributed by atoms with E-state index in [-0.39, 0.29) is 33.7 Å². The van der Waals surface area contributed by atoms with E-state index in [4.69, 9.17) is 4.74 Å². The molecular formula is C24H15F3N2O6. The number of rotatable bonds is 4. The van der Waals surface area contributed by atoms with Crippen LogP contribution < -0.4 is 9.64 Å². The minimum absolute atomic E-state index is 0.0519. The Balaban J connectivity index is 1.92. The second kappa shape index (κ2) is 8.60. The number of alkyl halides is 3. The fourth-order valence-electron chi connectivity index (χ4n) is 3.71. The number of amides is 2. The van der Waals surface area contributed by atoms with Gasteiger partial charge in [-0.15, -0.1) is 0 Å². The van der Waals surface area contributed by atoms with Crippen molar-refractivity contribution in [3.05, 3.63) is 93.0 Å².